The van der Waals surface area contributed by atoms with Crippen LogP contribution in [0.2, 0.25) is 0 Å². The summed E-state index contributed by atoms with van der Waals surface area (Å²) in [6.45, 7) is 4.08. The zero-order valence-electron chi connectivity index (χ0n) is 29.0. The highest BCUT2D eigenvalue weighted by atomic mass is 31.2. The summed E-state index contributed by atoms with van der Waals surface area (Å²) in [5, 5.41) is 6.98. The SMILES string of the molecule is Cc1ccc2ccc3c(-c4cccc(-c5ccc(-c6cccc(P(=O)(c7ccccc7)c7ccccc7)c6)c6ccccc56)c4)cc(C)nc3c2n1. The molecule has 2 heterocycles. The van der Waals surface area contributed by atoms with Gasteiger partial charge in [-0.25, -0.2) is 0 Å². The second kappa shape index (κ2) is 12.9. The lowest BCUT2D eigenvalue weighted by molar-refractivity contribution is 0.592. The van der Waals surface area contributed by atoms with E-state index in [1.54, 1.807) is 0 Å². The highest BCUT2D eigenvalue weighted by Crippen LogP contribution is 2.44. The van der Waals surface area contributed by atoms with Gasteiger partial charge in [-0.3, -0.25) is 9.97 Å². The van der Waals surface area contributed by atoms with Crippen LogP contribution in [0.3, 0.4) is 0 Å². The van der Waals surface area contributed by atoms with E-state index in [2.05, 4.69) is 110 Å². The predicted molar refractivity (Wildman–Crippen MR) is 220 cm³/mol. The van der Waals surface area contributed by atoms with Crippen molar-refractivity contribution in [3.63, 3.8) is 0 Å². The third-order valence-electron chi connectivity index (χ3n) is 10.1. The molecule has 0 aliphatic rings. The fourth-order valence-corrected chi connectivity index (χ4v) is 10.3. The minimum atomic E-state index is -3.12. The van der Waals surface area contributed by atoms with Crippen molar-refractivity contribution in [1.82, 2.24) is 9.97 Å². The molecule has 0 amide bonds. The molecule has 0 bridgehead atoms. The molecule has 9 aromatic rings. The lowest BCUT2D eigenvalue weighted by Crippen LogP contribution is -2.25. The summed E-state index contributed by atoms with van der Waals surface area (Å²) in [6.07, 6.45) is 0. The Bertz CT molecular complexity index is 2800. The number of rotatable bonds is 6. The number of pyridine rings is 2. The summed E-state index contributed by atoms with van der Waals surface area (Å²) in [7, 11) is -3.12. The molecule has 0 N–H and O–H groups in total. The summed E-state index contributed by atoms with van der Waals surface area (Å²) in [5.74, 6) is 0. The minimum absolute atomic E-state index is 0.821. The van der Waals surface area contributed by atoms with Gasteiger partial charge >= 0.3 is 0 Å². The molecule has 4 heteroatoms. The van der Waals surface area contributed by atoms with E-state index in [9.17, 15) is 0 Å². The summed E-state index contributed by atoms with van der Waals surface area (Å²) >= 11 is 0. The first-order chi connectivity index (χ1) is 25.5. The molecular formula is C48H35N2OP. The third-order valence-corrected chi connectivity index (χ3v) is 13.1. The number of aromatic nitrogens is 2. The first-order valence-electron chi connectivity index (χ1n) is 17.6. The maximum atomic E-state index is 15.2. The van der Waals surface area contributed by atoms with E-state index in [0.29, 0.717) is 0 Å². The summed E-state index contributed by atoms with van der Waals surface area (Å²) in [4.78, 5) is 9.85. The molecule has 52 heavy (non-hydrogen) atoms. The maximum Gasteiger partial charge on any atom is 0.171 e. The van der Waals surface area contributed by atoms with Crippen LogP contribution in [0.15, 0.2) is 176 Å². The van der Waals surface area contributed by atoms with Gasteiger partial charge in [-0.15, -0.1) is 0 Å². The number of nitrogens with zero attached hydrogens (tertiary/aromatic N) is 2. The highest BCUT2D eigenvalue weighted by molar-refractivity contribution is 7.85. The van der Waals surface area contributed by atoms with Crippen molar-refractivity contribution in [2.24, 2.45) is 0 Å². The highest BCUT2D eigenvalue weighted by Gasteiger charge is 2.30. The molecule has 7 aromatic carbocycles. The Balaban J connectivity index is 1.17. The Morgan fingerprint density at radius 1 is 0.385 bits per heavy atom. The number of fused-ring (bicyclic) bond motifs is 4. The standard InChI is InChI=1S/C48H35N2OP/c1-32-23-24-34-25-26-45-46(29-33(2)50-48(45)47(34)49-32)36-14-11-13-35(30-36)41-27-28-42(44-22-10-9-21-43(41)44)37-15-12-20-40(31-37)52(51,38-16-5-3-6-17-38)39-18-7-4-8-19-39/h3-31H,1-2H3. The number of benzene rings is 7. The number of hydrogen-bond donors (Lipinski definition) is 0. The Kier molecular flexibility index (Phi) is 7.87. The van der Waals surface area contributed by atoms with Crippen LogP contribution < -0.4 is 15.9 Å². The van der Waals surface area contributed by atoms with Crippen molar-refractivity contribution in [3.05, 3.63) is 187 Å². The van der Waals surface area contributed by atoms with E-state index in [1.165, 1.54) is 5.39 Å². The fraction of sp³-hybridized carbons (Fsp3) is 0.0417. The van der Waals surface area contributed by atoms with Gasteiger partial charge in [0.05, 0.1) is 11.0 Å². The molecule has 0 aliphatic carbocycles. The molecule has 2 aromatic heterocycles. The molecule has 0 aliphatic heterocycles. The van der Waals surface area contributed by atoms with Crippen LogP contribution in [0.4, 0.5) is 0 Å². The van der Waals surface area contributed by atoms with Crippen molar-refractivity contribution in [2.45, 2.75) is 13.8 Å². The summed E-state index contributed by atoms with van der Waals surface area (Å²) in [5.41, 5.74) is 10.5. The van der Waals surface area contributed by atoms with Crippen molar-refractivity contribution in [2.75, 3.05) is 0 Å². The molecule has 0 fully saturated rings. The quantitative estimate of drug-likeness (QED) is 0.129. The molecule has 0 unspecified atom stereocenters. The lowest BCUT2D eigenvalue weighted by atomic mass is 9.90. The van der Waals surface area contributed by atoms with Gasteiger partial charge in [0.25, 0.3) is 0 Å². The second-order valence-corrected chi connectivity index (χ2v) is 16.2. The maximum absolute atomic E-state index is 15.2. The minimum Gasteiger partial charge on any atom is -0.309 e. The van der Waals surface area contributed by atoms with Crippen LogP contribution >= 0.6 is 7.14 Å². The zero-order chi connectivity index (χ0) is 35.2. The molecule has 0 atom stereocenters. The molecule has 248 valence electrons. The van der Waals surface area contributed by atoms with Crippen LogP contribution in [-0.2, 0) is 4.57 Å². The van der Waals surface area contributed by atoms with Crippen molar-refractivity contribution >= 4 is 55.6 Å². The van der Waals surface area contributed by atoms with Crippen molar-refractivity contribution in [1.29, 1.82) is 0 Å². The third kappa shape index (κ3) is 5.42. The fourth-order valence-electron chi connectivity index (χ4n) is 7.59. The second-order valence-electron chi connectivity index (χ2n) is 13.4. The molecular weight excluding hydrogens is 652 g/mol. The van der Waals surface area contributed by atoms with Gasteiger partial charge in [0.1, 0.15) is 0 Å². The van der Waals surface area contributed by atoms with Crippen LogP contribution in [0.5, 0.6) is 0 Å². The van der Waals surface area contributed by atoms with Gasteiger partial charge in [0.2, 0.25) is 0 Å². The van der Waals surface area contributed by atoms with Crippen molar-refractivity contribution in [3.8, 4) is 33.4 Å². The molecule has 0 saturated heterocycles. The number of hydrogen-bond acceptors (Lipinski definition) is 3. The first kappa shape index (κ1) is 31.8. The largest absolute Gasteiger partial charge is 0.309 e. The molecule has 3 nitrogen and oxygen atoms in total. The lowest BCUT2D eigenvalue weighted by Gasteiger charge is -2.21. The van der Waals surface area contributed by atoms with Crippen LogP contribution in [0.1, 0.15) is 11.4 Å². The van der Waals surface area contributed by atoms with Gasteiger partial charge in [0.15, 0.2) is 7.14 Å². The Hall–Kier alpha value is -6.15. The molecule has 9 rings (SSSR count). The Morgan fingerprint density at radius 2 is 0.904 bits per heavy atom. The Morgan fingerprint density at radius 3 is 1.56 bits per heavy atom. The van der Waals surface area contributed by atoms with Gasteiger partial charge in [-0.1, -0.05) is 152 Å². The van der Waals surface area contributed by atoms with Crippen LogP contribution in [0.25, 0.3) is 66.0 Å². The normalized spacial score (nSPS) is 11.7. The zero-order valence-corrected chi connectivity index (χ0v) is 29.9. The summed E-state index contributed by atoms with van der Waals surface area (Å²) < 4.78 is 15.2. The van der Waals surface area contributed by atoms with Gasteiger partial charge in [-0.05, 0) is 82.3 Å². The van der Waals surface area contributed by atoms with Crippen LogP contribution in [0, 0.1) is 13.8 Å². The molecule has 0 spiro atoms. The van der Waals surface area contributed by atoms with E-state index >= 15 is 4.57 Å². The van der Waals surface area contributed by atoms with Gasteiger partial charge < -0.3 is 4.57 Å². The van der Waals surface area contributed by atoms with E-state index in [-0.39, 0.29) is 0 Å². The van der Waals surface area contributed by atoms with E-state index < -0.39 is 7.14 Å². The monoisotopic (exact) mass is 686 g/mol. The van der Waals surface area contributed by atoms with E-state index in [4.69, 9.17) is 9.97 Å². The average molecular weight is 687 g/mol. The average Bonchev–Trinajstić information content (AvgIpc) is 3.20. The van der Waals surface area contributed by atoms with Crippen molar-refractivity contribution < 1.29 is 4.57 Å². The van der Waals surface area contributed by atoms with Gasteiger partial charge in [0, 0.05) is 38.1 Å². The van der Waals surface area contributed by atoms with E-state index in [0.717, 1.165) is 87.9 Å². The Labute approximate surface area is 303 Å². The summed E-state index contributed by atoms with van der Waals surface area (Å²) in [6, 6.07) is 60.6. The van der Waals surface area contributed by atoms with Gasteiger partial charge in [-0.2, -0.15) is 0 Å². The number of aryl methyl sites for hydroxylation is 2. The topological polar surface area (TPSA) is 42.9 Å². The molecule has 0 saturated carbocycles. The van der Waals surface area contributed by atoms with E-state index in [1.807, 2.05) is 79.7 Å². The first-order valence-corrected chi connectivity index (χ1v) is 19.3. The molecule has 0 radical (unpaired) electrons. The smallest absolute Gasteiger partial charge is 0.171 e. The van der Waals surface area contributed by atoms with Crippen LogP contribution in [-0.4, -0.2) is 9.97 Å². The predicted octanol–water partition coefficient (Wildman–Crippen LogP) is 11.2.